The van der Waals surface area contributed by atoms with Gasteiger partial charge in [0.2, 0.25) is 0 Å². The molecule has 0 aliphatic carbocycles. The van der Waals surface area contributed by atoms with Crippen LogP contribution in [0.2, 0.25) is 0 Å². The third-order valence-corrected chi connectivity index (χ3v) is 4.31. The van der Waals surface area contributed by atoms with Gasteiger partial charge in [0.15, 0.2) is 0 Å². The van der Waals surface area contributed by atoms with Crippen LogP contribution >= 0.6 is 0 Å². The second-order valence-electron chi connectivity index (χ2n) is 6.45. The van der Waals surface area contributed by atoms with E-state index in [1.807, 2.05) is 42.5 Å². The summed E-state index contributed by atoms with van der Waals surface area (Å²) < 4.78 is 16.5. The summed E-state index contributed by atoms with van der Waals surface area (Å²) in [4.78, 5) is 0. The predicted molar refractivity (Wildman–Crippen MR) is 113 cm³/mol. The highest BCUT2D eigenvalue weighted by molar-refractivity contribution is 5.48. The molecule has 0 atom stereocenters. The van der Waals surface area contributed by atoms with Crippen molar-refractivity contribution >= 4 is 5.69 Å². The Labute approximate surface area is 167 Å². The van der Waals surface area contributed by atoms with Gasteiger partial charge in [0, 0.05) is 31.8 Å². The van der Waals surface area contributed by atoms with Gasteiger partial charge in [0.25, 0.3) is 0 Å². The molecular formula is C24H27NO3. The van der Waals surface area contributed by atoms with Crippen molar-refractivity contribution in [3.63, 3.8) is 0 Å². The SMILES string of the molecule is COCCOc1cccc(NCc2ccc(OCCc3ccccc3)cc2)c1. The molecule has 0 unspecified atom stereocenters. The summed E-state index contributed by atoms with van der Waals surface area (Å²) in [6, 6.07) is 26.5. The number of methoxy groups -OCH3 is 1. The lowest BCUT2D eigenvalue weighted by Gasteiger charge is -2.11. The Balaban J connectivity index is 1.43. The molecule has 0 aliphatic heterocycles. The average molecular weight is 377 g/mol. The lowest BCUT2D eigenvalue weighted by atomic mass is 10.2. The normalized spacial score (nSPS) is 10.5. The van der Waals surface area contributed by atoms with Crippen LogP contribution in [0, 0.1) is 0 Å². The topological polar surface area (TPSA) is 39.7 Å². The lowest BCUT2D eigenvalue weighted by Crippen LogP contribution is -2.05. The van der Waals surface area contributed by atoms with Crippen LogP contribution in [0.4, 0.5) is 5.69 Å². The molecule has 0 saturated heterocycles. The van der Waals surface area contributed by atoms with Crippen LogP contribution in [-0.4, -0.2) is 26.9 Å². The van der Waals surface area contributed by atoms with E-state index in [1.54, 1.807) is 7.11 Å². The predicted octanol–water partition coefficient (Wildman–Crippen LogP) is 4.95. The van der Waals surface area contributed by atoms with Crippen molar-refractivity contribution in [1.82, 2.24) is 0 Å². The minimum Gasteiger partial charge on any atom is -0.493 e. The van der Waals surface area contributed by atoms with E-state index in [9.17, 15) is 0 Å². The maximum atomic E-state index is 5.84. The fourth-order valence-corrected chi connectivity index (χ4v) is 2.78. The van der Waals surface area contributed by atoms with Gasteiger partial charge in [-0.2, -0.15) is 0 Å². The third-order valence-electron chi connectivity index (χ3n) is 4.31. The summed E-state index contributed by atoms with van der Waals surface area (Å²) in [6.45, 7) is 2.55. The van der Waals surface area contributed by atoms with Crippen molar-refractivity contribution in [3.05, 3.63) is 90.0 Å². The van der Waals surface area contributed by atoms with Crippen molar-refractivity contribution < 1.29 is 14.2 Å². The number of rotatable bonds is 11. The Kier molecular flexibility index (Phi) is 7.77. The van der Waals surface area contributed by atoms with Crippen molar-refractivity contribution in [1.29, 1.82) is 0 Å². The zero-order chi connectivity index (χ0) is 19.4. The van der Waals surface area contributed by atoms with E-state index >= 15 is 0 Å². The van der Waals surface area contributed by atoms with E-state index in [0.29, 0.717) is 19.8 Å². The molecule has 4 heteroatoms. The summed E-state index contributed by atoms with van der Waals surface area (Å²) in [6.07, 6.45) is 0.910. The Morgan fingerprint density at radius 2 is 1.46 bits per heavy atom. The second-order valence-corrected chi connectivity index (χ2v) is 6.45. The smallest absolute Gasteiger partial charge is 0.121 e. The molecule has 146 valence electrons. The van der Waals surface area contributed by atoms with E-state index < -0.39 is 0 Å². The maximum absolute atomic E-state index is 5.84. The highest BCUT2D eigenvalue weighted by atomic mass is 16.5. The summed E-state index contributed by atoms with van der Waals surface area (Å²) in [5.74, 6) is 1.73. The van der Waals surface area contributed by atoms with Crippen LogP contribution in [0.15, 0.2) is 78.9 Å². The number of hydrogen-bond acceptors (Lipinski definition) is 4. The van der Waals surface area contributed by atoms with Gasteiger partial charge >= 0.3 is 0 Å². The quantitative estimate of drug-likeness (QED) is 0.480. The fraction of sp³-hybridized carbons (Fsp3) is 0.250. The number of ether oxygens (including phenoxy) is 3. The van der Waals surface area contributed by atoms with Gasteiger partial charge in [0.1, 0.15) is 18.1 Å². The zero-order valence-corrected chi connectivity index (χ0v) is 16.3. The fourth-order valence-electron chi connectivity index (χ4n) is 2.78. The molecule has 0 aromatic heterocycles. The molecule has 3 aromatic rings. The highest BCUT2D eigenvalue weighted by Crippen LogP contribution is 2.19. The highest BCUT2D eigenvalue weighted by Gasteiger charge is 2.00. The van der Waals surface area contributed by atoms with Crippen molar-refractivity contribution in [3.8, 4) is 11.5 Å². The molecular weight excluding hydrogens is 350 g/mol. The summed E-state index contributed by atoms with van der Waals surface area (Å²) in [5, 5.41) is 3.42. The van der Waals surface area contributed by atoms with Gasteiger partial charge in [-0.15, -0.1) is 0 Å². The van der Waals surface area contributed by atoms with Gasteiger partial charge in [-0.3, -0.25) is 0 Å². The van der Waals surface area contributed by atoms with Crippen LogP contribution < -0.4 is 14.8 Å². The third kappa shape index (κ3) is 6.63. The molecule has 3 rings (SSSR count). The number of nitrogens with one attached hydrogen (secondary N) is 1. The minimum atomic E-state index is 0.547. The Hall–Kier alpha value is -2.98. The van der Waals surface area contributed by atoms with Gasteiger partial charge in [-0.25, -0.2) is 0 Å². The van der Waals surface area contributed by atoms with Crippen molar-refractivity contribution in [2.45, 2.75) is 13.0 Å². The zero-order valence-electron chi connectivity index (χ0n) is 16.3. The molecule has 3 aromatic carbocycles. The standard InChI is InChI=1S/C24H27NO3/c1-26-16-17-28-24-9-5-8-22(18-24)25-19-21-10-12-23(13-11-21)27-15-14-20-6-3-2-4-7-20/h2-13,18,25H,14-17,19H2,1H3. The van der Waals surface area contributed by atoms with Gasteiger partial charge in [0.05, 0.1) is 13.2 Å². The molecule has 1 N–H and O–H groups in total. The Morgan fingerprint density at radius 1 is 0.679 bits per heavy atom. The van der Waals surface area contributed by atoms with Crippen LogP contribution in [-0.2, 0) is 17.7 Å². The molecule has 0 radical (unpaired) electrons. The average Bonchev–Trinajstić information content (AvgIpc) is 2.74. The second kappa shape index (κ2) is 11.0. The molecule has 0 heterocycles. The van der Waals surface area contributed by atoms with Gasteiger partial charge in [-0.1, -0.05) is 48.5 Å². The van der Waals surface area contributed by atoms with E-state index in [2.05, 4.69) is 41.7 Å². The molecule has 0 fully saturated rings. The molecule has 0 amide bonds. The largest absolute Gasteiger partial charge is 0.493 e. The van der Waals surface area contributed by atoms with Crippen LogP contribution in [0.1, 0.15) is 11.1 Å². The van der Waals surface area contributed by atoms with Gasteiger partial charge < -0.3 is 19.5 Å². The molecule has 0 bridgehead atoms. The summed E-state index contributed by atoms with van der Waals surface area (Å²) >= 11 is 0. The van der Waals surface area contributed by atoms with E-state index in [0.717, 1.165) is 30.2 Å². The van der Waals surface area contributed by atoms with Gasteiger partial charge in [-0.05, 0) is 35.4 Å². The first-order valence-corrected chi connectivity index (χ1v) is 9.55. The van der Waals surface area contributed by atoms with Crippen LogP contribution in [0.5, 0.6) is 11.5 Å². The van der Waals surface area contributed by atoms with E-state index in [1.165, 1.54) is 11.1 Å². The first-order valence-electron chi connectivity index (χ1n) is 9.55. The number of hydrogen-bond donors (Lipinski definition) is 1. The van der Waals surface area contributed by atoms with Crippen LogP contribution in [0.3, 0.4) is 0 Å². The maximum Gasteiger partial charge on any atom is 0.121 e. The van der Waals surface area contributed by atoms with Crippen molar-refractivity contribution in [2.24, 2.45) is 0 Å². The summed E-state index contributed by atoms with van der Waals surface area (Å²) in [5.41, 5.74) is 3.51. The Morgan fingerprint density at radius 3 is 2.25 bits per heavy atom. The first-order chi connectivity index (χ1) is 13.8. The molecule has 0 spiro atoms. The molecule has 4 nitrogen and oxygen atoms in total. The van der Waals surface area contributed by atoms with Crippen molar-refractivity contribution in [2.75, 3.05) is 32.2 Å². The number of benzene rings is 3. The lowest BCUT2D eigenvalue weighted by molar-refractivity contribution is 0.146. The monoisotopic (exact) mass is 377 g/mol. The van der Waals surface area contributed by atoms with E-state index in [4.69, 9.17) is 14.2 Å². The molecule has 0 aliphatic rings. The first kappa shape index (κ1) is 19.8. The van der Waals surface area contributed by atoms with E-state index in [-0.39, 0.29) is 0 Å². The number of anilines is 1. The molecule has 28 heavy (non-hydrogen) atoms. The minimum absolute atomic E-state index is 0.547. The summed E-state index contributed by atoms with van der Waals surface area (Å²) in [7, 11) is 1.67. The molecule has 0 saturated carbocycles. The van der Waals surface area contributed by atoms with Crippen LogP contribution in [0.25, 0.3) is 0 Å². The Bertz CT molecular complexity index is 819.